The summed E-state index contributed by atoms with van der Waals surface area (Å²) < 4.78 is 13.2. The Morgan fingerprint density at radius 2 is 2.00 bits per heavy atom. The van der Waals surface area contributed by atoms with Gasteiger partial charge >= 0.3 is 0 Å². The van der Waals surface area contributed by atoms with Crippen molar-refractivity contribution in [3.8, 4) is 0 Å². The van der Waals surface area contributed by atoms with E-state index in [2.05, 4.69) is 5.32 Å². The lowest BCUT2D eigenvalue weighted by Gasteiger charge is -2.06. The molecule has 2 aromatic rings. The predicted octanol–water partition coefficient (Wildman–Crippen LogP) is 3.70. The molecule has 0 heterocycles. The summed E-state index contributed by atoms with van der Waals surface area (Å²) in [7, 11) is 0. The van der Waals surface area contributed by atoms with Gasteiger partial charge in [-0.05, 0) is 30.2 Å². The lowest BCUT2D eigenvalue weighted by molar-refractivity contribution is -0.384. The van der Waals surface area contributed by atoms with Crippen LogP contribution in [0, 0.1) is 15.9 Å². The Morgan fingerprint density at radius 3 is 2.75 bits per heavy atom. The van der Waals surface area contributed by atoms with Crippen molar-refractivity contribution in [2.24, 2.45) is 0 Å². The molecule has 4 nitrogen and oxygen atoms in total. The van der Waals surface area contributed by atoms with Crippen molar-refractivity contribution in [2.45, 2.75) is 18.4 Å². The SMILES string of the molecule is O=[N+]([O-])c1ccccc1N[C@@H]1C[C@H]1c1cccc(F)c1. The molecule has 0 amide bonds. The summed E-state index contributed by atoms with van der Waals surface area (Å²) in [6.07, 6.45) is 0.857. The van der Waals surface area contributed by atoms with Gasteiger partial charge in [0, 0.05) is 18.0 Å². The second-order valence-electron chi connectivity index (χ2n) is 4.92. The van der Waals surface area contributed by atoms with Crippen molar-refractivity contribution < 1.29 is 9.31 Å². The van der Waals surface area contributed by atoms with Gasteiger partial charge in [0.1, 0.15) is 11.5 Å². The summed E-state index contributed by atoms with van der Waals surface area (Å²) in [5, 5.41) is 14.1. The van der Waals surface area contributed by atoms with Crippen LogP contribution < -0.4 is 5.32 Å². The van der Waals surface area contributed by atoms with Crippen LogP contribution in [0.4, 0.5) is 15.8 Å². The molecule has 20 heavy (non-hydrogen) atoms. The van der Waals surface area contributed by atoms with Crippen LogP contribution >= 0.6 is 0 Å². The highest BCUT2D eigenvalue weighted by Crippen LogP contribution is 2.44. The Labute approximate surface area is 115 Å². The Bertz CT molecular complexity index is 660. The Balaban J connectivity index is 1.74. The number of nitro groups is 1. The van der Waals surface area contributed by atoms with Gasteiger partial charge in [-0.2, -0.15) is 0 Å². The van der Waals surface area contributed by atoms with E-state index in [4.69, 9.17) is 0 Å². The smallest absolute Gasteiger partial charge is 0.292 e. The van der Waals surface area contributed by atoms with Gasteiger partial charge in [0.25, 0.3) is 5.69 Å². The van der Waals surface area contributed by atoms with Gasteiger partial charge < -0.3 is 5.32 Å². The fourth-order valence-corrected chi connectivity index (χ4v) is 2.41. The summed E-state index contributed by atoms with van der Waals surface area (Å²) >= 11 is 0. The molecule has 2 aromatic carbocycles. The van der Waals surface area contributed by atoms with E-state index >= 15 is 0 Å². The first-order valence-corrected chi connectivity index (χ1v) is 6.40. The molecule has 1 aliphatic carbocycles. The van der Waals surface area contributed by atoms with Crippen LogP contribution in [0.5, 0.6) is 0 Å². The van der Waals surface area contributed by atoms with Gasteiger partial charge in [0.05, 0.1) is 4.92 Å². The van der Waals surface area contributed by atoms with E-state index < -0.39 is 4.92 Å². The number of rotatable bonds is 4. The third-order valence-corrected chi connectivity index (χ3v) is 3.51. The predicted molar refractivity (Wildman–Crippen MR) is 74.3 cm³/mol. The lowest BCUT2D eigenvalue weighted by Crippen LogP contribution is -2.06. The second-order valence-corrected chi connectivity index (χ2v) is 4.92. The van der Waals surface area contributed by atoms with E-state index in [0.29, 0.717) is 5.69 Å². The van der Waals surface area contributed by atoms with E-state index in [0.717, 1.165) is 12.0 Å². The summed E-state index contributed by atoms with van der Waals surface area (Å²) in [5.74, 6) is -0.0376. The number of nitrogens with one attached hydrogen (secondary N) is 1. The van der Waals surface area contributed by atoms with Crippen molar-refractivity contribution in [2.75, 3.05) is 5.32 Å². The quantitative estimate of drug-likeness (QED) is 0.682. The zero-order chi connectivity index (χ0) is 14.1. The minimum Gasteiger partial charge on any atom is -0.376 e. The second kappa shape index (κ2) is 4.92. The van der Waals surface area contributed by atoms with Crippen molar-refractivity contribution in [3.63, 3.8) is 0 Å². The molecule has 1 fully saturated rings. The molecule has 0 bridgehead atoms. The lowest BCUT2D eigenvalue weighted by atomic mass is 10.1. The fourth-order valence-electron chi connectivity index (χ4n) is 2.41. The highest BCUT2D eigenvalue weighted by atomic mass is 19.1. The van der Waals surface area contributed by atoms with Crippen LogP contribution in [-0.4, -0.2) is 11.0 Å². The van der Waals surface area contributed by atoms with Crippen LogP contribution in [0.1, 0.15) is 17.9 Å². The molecule has 1 saturated carbocycles. The van der Waals surface area contributed by atoms with E-state index in [-0.39, 0.29) is 23.5 Å². The molecule has 0 aromatic heterocycles. The number of halogens is 1. The van der Waals surface area contributed by atoms with Gasteiger partial charge in [0.2, 0.25) is 0 Å². The van der Waals surface area contributed by atoms with Gasteiger partial charge in [-0.1, -0.05) is 24.3 Å². The van der Waals surface area contributed by atoms with Gasteiger partial charge in [0.15, 0.2) is 0 Å². The topological polar surface area (TPSA) is 55.2 Å². The maximum Gasteiger partial charge on any atom is 0.292 e. The standard InChI is InChI=1S/C15H13FN2O2/c16-11-5-3-4-10(8-11)12-9-14(12)17-13-6-1-2-7-15(13)18(19)20/h1-8,12,14,17H,9H2/t12-,14+/m0/s1. The molecule has 102 valence electrons. The molecule has 0 aliphatic heterocycles. The molecule has 2 atom stereocenters. The molecular formula is C15H13FN2O2. The number of nitro benzene ring substituents is 1. The molecule has 1 aliphatic rings. The monoisotopic (exact) mass is 272 g/mol. The van der Waals surface area contributed by atoms with E-state index in [9.17, 15) is 14.5 Å². The van der Waals surface area contributed by atoms with Gasteiger partial charge in [-0.3, -0.25) is 10.1 Å². The van der Waals surface area contributed by atoms with Crippen LogP contribution in [0.25, 0.3) is 0 Å². The summed E-state index contributed by atoms with van der Waals surface area (Å²) in [4.78, 5) is 10.5. The Kier molecular flexibility index (Phi) is 3.10. The highest BCUT2D eigenvalue weighted by Gasteiger charge is 2.39. The zero-order valence-electron chi connectivity index (χ0n) is 10.6. The maximum absolute atomic E-state index is 13.2. The van der Waals surface area contributed by atoms with Crippen LogP contribution in [0.15, 0.2) is 48.5 Å². The molecule has 5 heteroatoms. The molecule has 0 unspecified atom stereocenters. The van der Waals surface area contributed by atoms with Crippen LogP contribution in [0.2, 0.25) is 0 Å². The summed E-state index contributed by atoms with van der Waals surface area (Å²) in [6, 6.07) is 13.2. The van der Waals surface area contributed by atoms with Crippen molar-refractivity contribution in [1.29, 1.82) is 0 Å². The first-order chi connectivity index (χ1) is 9.65. The molecular weight excluding hydrogens is 259 g/mol. The maximum atomic E-state index is 13.2. The van der Waals surface area contributed by atoms with Gasteiger partial charge in [-0.15, -0.1) is 0 Å². The molecule has 0 spiro atoms. The van der Waals surface area contributed by atoms with Crippen molar-refractivity contribution in [3.05, 3.63) is 70.0 Å². The van der Waals surface area contributed by atoms with Crippen molar-refractivity contribution in [1.82, 2.24) is 0 Å². The molecule has 1 N–H and O–H groups in total. The highest BCUT2D eigenvalue weighted by molar-refractivity contribution is 5.62. The number of para-hydroxylation sites is 2. The average Bonchev–Trinajstić information content (AvgIpc) is 3.18. The normalized spacial score (nSPS) is 20.4. The van der Waals surface area contributed by atoms with Crippen LogP contribution in [0.3, 0.4) is 0 Å². The minimum atomic E-state index is -0.401. The number of anilines is 1. The summed E-state index contributed by atoms with van der Waals surface area (Å²) in [5.41, 5.74) is 1.51. The first kappa shape index (κ1) is 12.6. The average molecular weight is 272 g/mol. The van der Waals surface area contributed by atoms with Crippen molar-refractivity contribution >= 4 is 11.4 Å². The molecule has 0 saturated heterocycles. The molecule has 3 rings (SSSR count). The van der Waals surface area contributed by atoms with E-state index in [1.54, 1.807) is 24.3 Å². The third-order valence-electron chi connectivity index (χ3n) is 3.51. The zero-order valence-corrected chi connectivity index (χ0v) is 10.6. The van der Waals surface area contributed by atoms with E-state index in [1.165, 1.54) is 18.2 Å². The third kappa shape index (κ3) is 2.47. The van der Waals surface area contributed by atoms with Gasteiger partial charge in [-0.25, -0.2) is 4.39 Å². The summed E-state index contributed by atoms with van der Waals surface area (Å²) in [6.45, 7) is 0. The number of hydrogen-bond acceptors (Lipinski definition) is 3. The Morgan fingerprint density at radius 1 is 1.20 bits per heavy atom. The number of nitrogens with zero attached hydrogens (tertiary/aromatic N) is 1. The minimum absolute atomic E-state index is 0.0670. The number of benzene rings is 2. The van der Waals surface area contributed by atoms with E-state index in [1.807, 2.05) is 6.07 Å². The Hall–Kier alpha value is -2.43. The largest absolute Gasteiger partial charge is 0.376 e. The molecule has 0 radical (unpaired) electrons. The fraction of sp³-hybridized carbons (Fsp3) is 0.200. The first-order valence-electron chi connectivity index (χ1n) is 6.40. The number of hydrogen-bond donors (Lipinski definition) is 1. The van der Waals surface area contributed by atoms with Crippen LogP contribution in [-0.2, 0) is 0 Å².